The van der Waals surface area contributed by atoms with E-state index in [4.69, 9.17) is 0 Å². The highest BCUT2D eigenvalue weighted by atomic mass is 31.0. The molecule has 2 unspecified atom stereocenters. The maximum absolute atomic E-state index is 14.4. The van der Waals surface area contributed by atoms with Crippen LogP contribution in [0.4, 0.5) is 14.5 Å². The van der Waals surface area contributed by atoms with Crippen LogP contribution in [-0.2, 0) is 13.0 Å². The number of aromatic nitrogens is 3. The fourth-order valence-corrected chi connectivity index (χ4v) is 6.14. The summed E-state index contributed by atoms with van der Waals surface area (Å²) in [6, 6.07) is 8.31. The summed E-state index contributed by atoms with van der Waals surface area (Å²) < 4.78 is 28.2. The van der Waals surface area contributed by atoms with Gasteiger partial charge in [-0.25, -0.2) is 13.8 Å². The Hall–Kier alpha value is -3.62. The summed E-state index contributed by atoms with van der Waals surface area (Å²) in [7, 11) is 2.20. The number of benzene rings is 2. The smallest absolute Gasteiger partial charge is 0.261 e. The third-order valence-electron chi connectivity index (χ3n) is 7.98. The molecule has 2 aromatic carbocycles. The van der Waals surface area contributed by atoms with E-state index in [0.29, 0.717) is 47.3 Å². The van der Waals surface area contributed by atoms with Crippen molar-refractivity contribution in [2.45, 2.75) is 38.8 Å². The normalized spacial score (nSPS) is 17.2. The van der Waals surface area contributed by atoms with Crippen LogP contribution in [-0.4, -0.2) is 62.9 Å². The van der Waals surface area contributed by atoms with Gasteiger partial charge in [-0.1, -0.05) is 0 Å². The average molecular weight is 565 g/mol. The van der Waals surface area contributed by atoms with Gasteiger partial charge in [0.1, 0.15) is 23.0 Å². The number of pyridine rings is 1. The first-order valence-corrected chi connectivity index (χ1v) is 14.1. The largest absolute Gasteiger partial charge is 0.384 e. The van der Waals surface area contributed by atoms with Crippen molar-refractivity contribution in [3.8, 4) is 11.4 Å². The zero-order valence-corrected chi connectivity index (χ0v) is 23.3. The predicted octanol–water partition coefficient (Wildman–Crippen LogP) is 3.79. The number of nitrogens with one attached hydrogen (secondary N) is 3. The number of rotatable bonds is 8. The van der Waals surface area contributed by atoms with Gasteiger partial charge in [-0.3, -0.25) is 14.5 Å². The molecule has 1 amide bonds. The first-order chi connectivity index (χ1) is 19.3. The molecule has 4 aromatic rings. The van der Waals surface area contributed by atoms with Gasteiger partial charge < -0.3 is 20.2 Å². The SMILES string of the molecule is CC1CCCN1CCN1Cc2cc3[nH]c(-c4c(NCCc5cc(F)cc(P)c5F)cc[nH]c4=O)nc3cc2C1=O. The summed E-state index contributed by atoms with van der Waals surface area (Å²) in [5.74, 6) is -0.607. The fraction of sp³-hybridized carbons (Fsp3) is 0.345. The summed E-state index contributed by atoms with van der Waals surface area (Å²) in [6.07, 6.45) is 4.16. The molecule has 2 aliphatic heterocycles. The summed E-state index contributed by atoms with van der Waals surface area (Å²) in [6.45, 7) is 5.71. The predicted molar refractivity (Wildman–Crippen MR) is 155 cm³/mol. The van der Waals surface area contributed by atoms with Crippen LogP contribution in [0.1, 0.15) is 41.3 Å². The molecule has 2 aliphatic rings. The van der Waals surface area contributed by atoms with Gasteiger partial charge in [-0.2, -0.15) is 0 Å². The molecule has 8 nitrogen and oxygen atoms in total. The van der Waals surface area contributed by atoms with Crippen LogP contribution in [0, 0.1) is 11.6 Å². The number of likely N-dealkylation sites (tertiary alicyclic amines) is 1. The standard InChI is InChI=1S/C29H31F2N6O2P/c1-16-3-2-8-36(16)9-10-37-15-18-12-22-23(14-20(18)29(37)39)35-27(34-22)25-21(5-7-33-28(25)38)32-6-4-17-11-19(30)13-24(40)26(17)31/h5,7,11-14,16H,2-4,6,8-10,15,40H2,1H3,(H,34,35)(H2,32,33,38). The number of nitrogens with zero attached hydrogens (tertiary/aromatic N) is 3. The molecule has 0 saturated carbocycles. The van der Waals surface area contributed by atoms with E-state index >= 15 is 0 Å². The van der Waals surface area contributed by atoms with E-state index < -0.39 is 11.6 Å². The van der Waals surface area contributed by atoms with Gasteiger partial charge in [-0.15, -0.1) is 9.24 Å². The average Bonchev–Trinajstić information content (AvgIpc) is 3.61. The molecule has 2 aromatic heterocycles. The number of aromatic amines is 2. The molecule has 0 aliphatic carbocycles. The lowest BCUT2D eigenvalue weighted by Gasteiger charge is -2.24. The number of hydrogen-bond donors (Lipinski definition) is 3. The number of amides is 1. The van der Waals surface area contributed by atoms with Gasteiger partial charge in [0.15, 0.2) is 0 Å². The van der Waals surface area contributed by atoms with Crippen LogP contribution in [0.15, 0.2) is 41.3 Å². The highest BCUT2D eigenvalue weighted by Crippen LogP contribution is 2.30. The Morgan fingerprint density at radius 2 is 2.02 bits per heavy atom. The summed E-state index contributed by atoms with van der Waals surface area (Å²) in [5, 5.41) is 3.34. The Morgan fingerprint density at radius 1 is 1.18 bits per heavy atom. The Balaban J connectivity index is 1.21. The maximum Gasteiger partial charge on any atom is 0.261 e. The molecule has 0 spiro atoms. The van der Waals surface area contributed by atoms with E-state index in [9.17, 15) is 18.4 Å². The van der Waals surface area contributed by atoms with E-state index in [-0.39, 0.29) is 35.3 Å². The number of anilines is 1. The lowest BCUT2D eigenvalue weighted by Crippen LogP contribution is -2.36. The molecule has 2 atom stereocenters. The third-order valence-corrected chi connectivity index (χ3v) is 8.40. The van der Waals surface area contributed by atoms with Gasteiger partial charge in [-0.05, 0) is 74.2 Å². The molecule has 40 heavy (non-hydrogen) atoms. The molecular weight excluding hydrogens is 533 g/mol. The lowest BCUT2D eigenvalue weighted by molar-refractivity contribution is 0.0756. The highest BCUT2D eigenvalue weighted by Gasteiger charge is 2.30. The Bertz CT molecular complexity index is 1670. The number of carbonyl (C=O) groups excluding carboxylic acids is 1. The number of H-pyrrole nitrogens is 2. The topological polar surface area (TPSA) is 97.1 Å². The van der Waals surface area contributed by atoms with Gasteiger partial charge in [0.05, 0.1) is 16.7 Å². The molecule has 1 fully saturated rings. The highest BCUT2D eigenvalue weighted by molar-refractivity contribution is 7.27. The number of imidazole rings is 1. The van der Waals surface area contributed by atoms with Crippen LogP contribution in [0.5, 0.6) is 0 Å². The van der Waals surface area contributed by atoms with E-state index in [1.165, 1.54) is 25.1 Å². The Labute approximate surface area is 232 Å². The van der Waals surface area contributed by atoms with Crippen molar-refractivity contribution < 1.29 is 13.6 Å². The molecule has 208 valence electrons. The van der Waals surface area contributed by atoms with Crippen molar-refractivity contribution in [3.63, 3.8) is 0 Å². The van der Waals surface area contributed by atoms with Crippen LogP contribution in [0.2, 0.25) is 0 Å². The Kier molecular flexibility index (Phi) is 7.15. The zero-order chi connectivity index (χ0) is 28.0. The second-order valence-corrected chi connectivity index (χ2v) is 11.2. The van der Waals surface area contributed by atoms with Crippen molar-refractivity contribution >= 4 is 37.2 Å². The summed E-state index contributed by atoms with van der Waals surface area (Å²) >= 11 is 0. The number of halogens is 2. The number of fused-ring (bicyclic) bond motifs is 2. The maximum atomic E-state index is 14.4. The monoisotopic (exact) mass is 564 g/mol. The minimum atomic E-state index is -0.504. The van der Waals surface area contributed by atoms with Crippen LogP contribution >= 0.6 is 9.24 Å². The number of hydrogen-bond acceptors (Lipinski definition) is 5. The van der Waals surface area contributed by atoms with E-state index in [1.807, 2.05) is 11.0 Å². The summed E-state index contributed by atoms with van der Waals surface area (Å²) in [5.41, 5.74) is 3.63. The molecule has 3 N–H and O–H groups in total. The lowest BCUT2D eigenvalue weighted by atomic mass is 10.1. The molecule has 0 bridgehead atoms. The Morgan fingerprint density at radius 3 is 2.83 bits per heavy atom. The first kappa shape index (κ1) is 26.6. The van der Waals surface area contributed by atoms with Crippen molar-refractivity contribution in [2.24, 2.45) is 0 Å². The first-order valence-electron chi connectivity index (χ1n) is 13.5. The van der Waals surface area contributed by atoms with Gasteiger partial charge in [0.2, 0.25) is 0 Å². The van der Waals surface area contributed by atoms with E-state index in [0.717, 1.165) is 30.2 Å². The van der Waals surface area contributed by atoms with Crippen LogP contribution < -0.4 is 16.2 Å². The van der Waals surface area contributed by atoms with Gasteiger partial charge in [0.25, 0.3) is 11.5 Å². The zero-order valence-electron chi connectivity index (χ0n) is 22.2. The molecule has 4 heterocycles. The third kappa shape index (κ3) is 5.02. The van der Waals surface area contributed by atoms with Gasteiger partial charge >= 0.3 is 0 Å². The quantitative estimate of drug-likeness (QED) is 0.283. The van der Waals surface area contributed by atoms with E-state index in [2.05, 4.69) is 41.3 Å². The molecule has 1 saturated heterocycles. The molecule has 11 heteroatoms. The minimum Gasteiger partial charge on any atom is -0.384 e. The second-order valence-electron chi connectivity index (χ2n) is 10.6. The van der Waals surface area contributed by atoms with Crippen LogP contribution in [0.25, 0.3) is 22.4 Å². The second kappa shape index (κ2) is 10.7. The molecular formula is C29H31F2N6O2P. The van der Waals surface area contributed by atoms with Gasteiger partial charge in [0, 0.05) is 49.3 Å². The van der Waals surface area contributed by atoms with Crippen LogP contribution in [0.3, 0.4) is 0 Å². The molecule has 6 rings (SSSR count). The van der Waals surface area contributed by atoms with Crippen molar-refractivity contribution in [3.05, 3.63) is 75.2 Å². The number of carbonyl (C=O) groups is 1. The minimum absolute atomic E-state index is 0.00596. The van der Waals surface area contributed by atoms with E-state index in [1.54, 1.807) is 12.1 Å². The summed E-state index contributed by atoms with van der Waals surface area (Å²) in [4.78, 5) is 40.9. The van der Waals surface area contributed by atoms with Crippen molar-refractivity contribution in [2.75, 3.05) is 31.5 Å². The fourth-order valence-electron chi connectivity index (χ4n) is 5.80. The molecule has 0 radical (unpaired) electrons. The van der Waals surface area contributed by atoms with Crippen molar-refractivity contribution in [1.82, 2.24) is 24.8 Å². The van der Waals surface area contributed by atoms with Crippen molar-refractivity contribution in [1.29, 1.82) is 0 Å².